The summed E-state index contributed by atoms with van der Waals surface area (Å²) >= 11 is 0. The highest BCUT2D eigenvalue weighted by Crippen LogP contribution is 2.41. The SMILES string of the molecule is C=C(C)C(=O)OCC(CCOC(=O)C(=C)CO)C1CCC(CCc2ccc(C3CCC(c4ccc(CCCCC)cc4)CC3)cc2)CC1. The van der Waals surface area contributed by atoms with Gasteiger partial charge in [0.2, 0.25) is 0 Å². The maximum atomic E-state index is 12.1. The Morgan fingerprint density at radius 1 is 0.771 bits per heavy atom. The smallest absolute Gasteiger partial charge is 0.335 e. The van der Waals surface area contributed by atoms with Crippen molar-refractivity contribution in [3.63, 3.8) is 0 Å². The van der Waals surface area contributed by atoms with Crippen LogP contribution in [0.5, 0.6) is 0 Å². The zero-order valence-electron chi connectivity index (χ0n) is 29.7. The molecule has 5 nitrogen and oxygen atoms in total. The van der Waals surface area contributed by atoms with E-state index in [-0.39, 0.29) is 24.1 Å². The highest BCUT2D eigenvalue weighted by molar-refractivity contribution is 5.88. The molecule has 1 atom stereocenters. The predicted molar refractivity (Wildman–Crippen MR) is 195 cm³/mol. The molecule has 2 aliphatic rings. The predicted octanol–water partition coefficient (Wildman–Crippen LogP) is 9.82. The van der Waals surface area contributed by atoms with Crippen LogP contribution in [-0.2, 0) is 31.9 Å². The minimum atomic E-state index is -0.575. The van der Waals surface area contributed by atoms with E-state index in [0.717, 1.165) is 19.3 Å². The summed E-state index contributed by atoms with van der Waals surface area (Å²) in [5.41, 5.74) is 6.40. The number of aryl methyl sites for hydroxylation is 2. The number of hydrogen-bond acceptors (Lipinski definition) is 5. The van der Waals surface area contributed by atoms with Crippen molar-refractivity contribution in [3.05, 3.63) is 95.1 Å². The third-order valence-corrected chi connectivity index (χ3v) is 11.1. The van der Waals surface area contributed by atoms with Crippen molar-refractivity contribution in [1.82, 2.24) is 0 Å². The topological polar surface area (TPSA) is 72.8 Å². The minimum absolute atomic E-state index is 0.0487. The zero-order chi connectivity index (χ0) is 34.3. The van der Waals surface area contributed by atoms with Crippen LogP contribution in [0.4, 0.5) is 0 Å². The molecule has 0 aromatic heterocycles. The van der Waals surface area contributed by atoms with Crippen LogP contribution < -0.4 is 0 Å². The van der Waals surface area contributed by atoms with E-state index in [1.807, 2.05) is 0 Å². The van der Waals surface area contributed by atoms with E-state index in [2.05, 4.69) is 68.6 Å². The van der Waals surface area contributed by atoms with E-state index in [1.54, 1.807) is 6.92 Å². The Morgan fingerprint density at radius 2 is 1.33 bits per heavy atom. The van der Waals surface area contributed by atoms with Crippen LogP contribution in [0.3, 0.4) is 0 Å². The van der Waals surface area contributed by atoms with Crippen LogP contribution in [0.25, 0.3) is 0 Å². The Labute approximate surface area is 290 Å². The van der Waals surface area contributed by atoms with Crippen molar-refractivity contribution in [2.75, 3.05) is 19.8 Å². The van der Waals surface area contributed by atoms with Gasteiger partial charge < -0.3 is 14.6 Å². The Morgan fingerprint density at radius 3 is 1.85 bits per heavy atom. The summed E-state index contributed by atoms with van der Waals surface area (Å²) in [5, 5.41) is 9.12. The van der Waals surface area contributed by atoms with E-state index in [4.69, 9.17) is 14.6 Å². The molecule has 262 valence electrons. The molecule has 1 unspecified atom stereocenters. The number of carbonyl (C=O) groups is 2. The van der Waals surface area contributed by atoms with Crippen molar-refractivity contribution in [3.8, 4) is 0 Å². The van der Waals surface area contributed by atoms with E-state index in [9.17, 15) is 9.59 Å². The molecule has 1 N–H and O–H groups in total. The molecule has 2 aliphatic carbocycles. The molecule has 48 heavy (non-hydrogen) atoms. The first-order chi connectivity index (χ1) is 23.3. The van der Waals surface area contributed by atoms with Crippen LogP contribution in [-0.4, -0.2) is 36.9 Å². The van der Waals surface area contributed by atoms with Gasteiger partial charge in [0.25, 0.3) is 0 Å². The molecule has 4 rings (SSSR count). The Hall–Kier alpha value is -3.18. The van der Waals surface area contributed by atoms with Crippen molar-refractivity contribution in [1.29, 1.82) is 0 Å². The number of aliphatic hydroxyl groups is 1. The summed E-state index contributed by atoms with van der Waals surface area (Å²) in [6, 6.07) is 19.0. The van der Waals surface area contributed by atoms with Gasteiger partial charge in [-0.25, -0.2) is 9.59 Å². The Bertz CT molecular complexity index is 1290. The van der Waals surface area contributed by atoms with Gasteiger partial charge in [0.1, 0.15) is 0 Å². The van der Waals surface area contributed by atoms with Crippen molar-refractivity contribution >= 4 is 11.9 Å². The highest BCUT2D eigenvalue weighted by Gasteiger charge is 2.29. The van der Waals surface area contributed by atoms with E-state index in [0.29, 0.717) is 42.3 Å². The number of hydrogen-bond donors (Lipinski definition) is 1. The lowest BCUT2D eigenvalue weighted by Gasteiger charge is -2.34. The van der Waals surface area contributed by atoms with Gasteiger partial charge in [-0.1, -0.05) is 94.3 Å². The summed E-state index contributed by atoms with van der Waals surface area (Å²) in [4.78, 5) is 24.0. The van der Waals surface area contributed by atoms with Crippen molar-refractivity contribution < 1.29 is 24.2 Å². The average molecular weight is 657 g/mol. The molecule has 2 fully saturated rings. The second-order valence-corrected chi connectivity index (χ2v) is 14.6. The summed E-state index contributed by atoms with van der Waals surface area (Å²) in [6.07, 6.45) is 17.7. The number of benzene rings is 2. The first-order valence-corrected chi connectivity index (χ1v) is 18.7. The number of rotatable bonds is 18. The molecule has 0 bridgehead atoms. The van der Waals surface area contributed by atoms with Gasteiger partial charge in [-0.15, -0.1) is 0 Å². The molecule has 0 amide bonds. The lowest BCUT2D eigenvalue weighted by Crippen LogP contribution is -2.28. The molecule has 0 heterocycles. The monoisotopic (exact) mass is 656 g/mol. The molecular formula is C43H60O5. The summed E-state index contributed by atoms with van der Waals surface area (Å²) in [6.45, 7) is 11.3. The molecule has 2 aromatic carbocycles. The van der Waals surface area contributed by atoms with E-state index in [1.165, 1.54) is 92.9 Å². The number of carbonyl (C=O) groups excluding carboxylic acids is 2. The summed E-state index contributed by atoms with van der Waals surface area (Å²) < 4.78 is 10.8. The van der Waals surface area contributed by atoms with Crippen LogP contribution in [0.2, 0.25) is 0 Å². The number of ether oxygens (including phenoxy) is 2. The third kappa shape index (κ3) is 11.8. The summed E-state index contributed by atoms with van der Waals surface area (Å²) in [7, 11) is 0. The molecule has 0 spiro atoms. The Balaban J connectivity index is 1.18. The number of unbranched alkanes of at least 4 members (excludes halogenated alkanes) is 2. The van der Waals surface area contributed by atoms with Gasteiger partial charge in [0.05, 0.1) is 25.4 Å². The first-order valence-electron chi connectivity index (χ1n) is 18.7. The standard InChI is InChI=1S/C43H60O5/c1-5-6-7-8-33-11-17-36(18-12-33)38-23-25-39(26-24-38)37-19-13-34(14-20-37)9-10-35-15-21-40(22-16-35)41(30-48-42(45)31(2)3)27-28-47-43(46)32(4)29-44/h11-14,17-20,35,38-41,44H,2,4-10,15-16,21-30H2,1,3H3. The first kappa shape index (κ1) is 37.6. The number of esters is 2. The molecule has 2 aromatic rings. The second kappa shape index (κ2) is 19.7. The van der Waals surface area contributed by atoms with Gasteiger partial charge in [-0.05, 0) is 129 Å². The van der Waals surface area contributed by atoms with Crippen molar-refractivity contribution in [2.24, 2.45) is 17.8 Å². The normalized spacial score (nSPS) is 21.6. The quantitative estimate of drug-likeness (QED) is 0.0983. The highest BCUT2D eigenvalue weighted by atomic mass is 16.5. The van der Waals surface area contributed by atoms with Gasteiger partial charge >= 0.3 is 11.9 Å². The second-order valence-electron chi connectivity index (χ2n) is 14.6. The lowest BCUT2D eigenvalue weighted by atomic mass is 9.73. The molecule has 2 saturated carbocycles. The lowest BCUT2D eigenvalue weighted by molar-refractivity contribution is -0.144. The van der Waals surface area contributed by atoms with E-state index >= 15 is 0 Å². The molecule has 5 heteroatoms. The molecular weight excluding hydrogens is 596 g/mol. The maximum absolute atomic E-state index is 12.1. The fourth-order valence-corrected chi connectivity index (χ4v) is 7.80. The maximum Gasteiger partial charge on any atom is 0.335 e. The summed E-state index contributed by atoms with van der Waals surface area (Å²) in [5.74, 6) is 1.67. The van der Waals surface area contributed by atoms with Crippen LogP contribution in [0.15, 0.2) is 72.8 Å². The Kier molecular flexibility index (Phi) is 15.5. The third-order valence-electron chi connectivity index (χ3n) is 11.1. The van der Waals surface area contributed by atoms with Crippen LogP contribution in [0.1, 0.15) is 131 Å². The van der Waals surface area contributed by atoms with Gasteiger partial charge in [0, 0.05) is 5.57 Å². The van der Waals surface area contributed by atoms with Crippen LogP contribution in [0, 0.1) is 17.8 Å². The molecule has 0 aliphatic heterocycles. The molecule has 0 saturated heterocycles. The minimum Gasteiger partial charge on any atom is -0.462 e. The fourth-order valence-electron chi connectivity index (χ4n) is 7.80. The van der Waals surface area contributed by atoms with Gasteiger partial charge in [-0.2, -0.15) is 0 Å². The fraction of sp³-hybridized carbons (Fsp3) is 0.581. The molecule has 0 radical (unpaired) electrons. The van der Waals surface area contributed by atoms with Crippen molar-refractivity contribution in [2.45, 2.75) is 122 Å². The van der Waals surface area contributed by atoms with Gasteiger partial charge in [-0.3, -0.25) is 0 Å². The number of aliphatic hydroxyl groups excluding tert-OH is 1. The van der Waals surface area contributed by atoms with E-state index < -0.39 is 12.6 Å². The van der Waals surface area contributed by atoms with Crippen LogP contribution >= 0.6 is 0 Å². The largest absolute Gasteiger partial charge is 0.462 e. The average Bonchev–Trinajstić information content (AvgIpc) is 3.12. The van der Waals surface area contributed by atoms with Gasteiger partial charge in [0.15, 0.2) is 0 Å². The zero-order valence-corrected chi connectivity index (χ0v) is 29.7.